The van der Waals surface area contributed by atoms with Gasteiger partial charge in [-0.2, -0.15) is 0 Å². The second kappa shape index (κ2) is 9.93. The van der Waals surface area contributed by atoms with E-state index in [2.05, 4.69) is 38.1 Å². The predicted molar refractivity (Wildman–Crippen MR) is 96.4 cm³/mol. The van der Waals surface area contributed by atoms with Gasteiger partial charge in [0.15, 0.2) is 0 Å². The third kappa shape index (κ3) is 6.12. The fourth-order valence-electron chi connectivity index (χ4n) is 2.52. The van der Waals surface area contributed by atoms with Crippen LogP contribution in [0.5, 0.6) is 0 Å². The normalized spacial score (nSPS) is 12.6. The molecule has 2 aromatic rings. The number of hydrogen-bond donors (Lipinski definition) is 1. The minimum Gasteiger partial charge on any atom is -0.548 e. The summed E-state index contributed by atoms with van der Waals surface area (Å²) >= 11 is 0. The van der Waals surface area contributed by atoms with E-state index in [-0.39, 0.29) is 36.0 Å². The van der Waals surface area contributed by atoms with Crippen molar-refractivity contribution >= 4 is 11.5 Å². The van der Waals surface area contributed by atoms with Gasteiger partial charge in [-0.3, -0.25) is 0 Å². The van der Waals surface area contributed by atoms with E-state index in [0.29, 0.717) is 5.92 Å². The maximum absolute atomic E-state index is 10.9. The molecule has 2 aromatic carbocycles. The molecule has 0 aliphatic carbocycles. The zero-order valence-electron chi connectivity index (χ0n) is 15.5. The Morgan fingerprint density at radius 2 is 1.52 bits per heavy atom. The van der Waals surface area contributed by atoms with Crippen LogP contribution in [0.4, 0.5) is 0 Å². The number of benzene rings is 2. The third-order valence-electron chi connectivity index (χ3n) is 4.13. The first-order valence-electron chi connectivity index (χ1n) is 8.22. The number of carbonyl (C=O) groups excluding carboxylic acids is 1. The van der Waals surface area contributed by atoms with Crippen LogP contribution in [0.2, 0.25) is 0 Å². The first-order chi connectivity index (χ1) is 11.4. The van der Waals surface area contributed by atoms with Crippen LogP contribution in [-0.2, 0) is 4.79 Å². The molecule has 0 amide bonds. The molecular formula is C21H24NNaO2. The first-order valence-corrected chi connectivity index (χ1v) is 8.22. The Morgan fingerprint density at radius 1 is 1.04 bits per heavy atom. The van der Waals surface area contributed by atoms with Crippen LogP contribution < -0.4 is 40.4 Å². The molecule has 0 aromatic heterocycles. The third-order valence-corrected chi connectivity index (χ3v) is 4.13. The summed E-state index contributed by atoms with van der Waals surface area (Å²) in [5, 5.41) is 10.9. The number of aryl methyl sites for hydroxylation is 1. The summed E-state index contributed by atoms with van der Waals surface area (Å²) in [6.07, 6.45) is 2.12. The fraction of sp³-hybridized carbons (Fsp3) is 0.286. The number of aliphatic carboxylic acids is 1. The molecule has 2 rings (SSSR count). The summed E-state index contributed by atoms with van der Waals surface area (Å²) in [6, 6.07) is 15.6. The van der Waals surface area contributed by atoms with E-state index >= 15 is 0 Å². The van der Waals surface area contributed by atoms with E-state index in [1.807, 2.05) is 37.3 Å². The molecule has 3 nitrogen and oxygen atoms in total. The van der Waals surface area contributed by atoms with Crippen LogP contribution >= 0.6 is 0 Å². The smallest absolute Gasteiger partial charge is 0.548 e. The van der Waals surface area contributed by atoms with Crippen LogP contribution in [0.25, 0.3) is 5.57 Å². The Labute approximate surface area is 172 Å². The van der Waals surface area contributed by atoms with E-state index < -0.39 is 12.0 Å². The van der Waals surface area contributed by atoms with E-state index in [1.54, 1.807) is 0 Å². The van der Waals surface area contributed by atoms with Gasteiger partial charge in [0.1, 0.15) is 0 Å². The van der Waals surface area contributed by atoms with Gasteiger partial charge in [-0.1, -0.05) is 74.0 Å². The van der Waals surface area contributed by atoms with Crippen LogP contribution in [0, 0.1) is 6.92 Å². The Kier molecular flexibility index (Phi) is 8.60. The number of carbonyl (C=O) groups is 1. The second-order valence-electron chi connectivity index (χ2n) is 6.42. The van der Waals surface area contributed by atoms with Crippen molar-refractivity contribution in [3.8, 4) is 0 Å². The number of rotatable bonds is 6. The molecule has 0 heterocycles. The molecule has 0 bridgehead atoms. The summed E-state index contributed by atoms with van der Waals surface area (Å²) in [5.74, 6) is -0.762. The zero-order valence-corrected chi connectivity index (χ0v) is 17.5. The molecule has 2 N–H and O–H groups in total. The van der Waals surface area contributed by atoms with Gasteiger partial charge >= 0.3 is 29.6 Å². The molecule has 0 fully saturated rings. The molecule has 0 aliphatic heterocycles. The first kappa shape index (κ1) is 21.7. The van der Waals surface area contributed by atoms with E-state index in [9.17, 15) is 9.90 Å². The van der Waals surface area contributed by atoms with Gasteiger partial charge < -0.3 is 15.6 Å². The molecular weight excluding hydrogens is 321 g/mol. The van der Waals surface area contributed by atoms with E-state index in [0.717, 1.165) is 16.7 Å². The van der Waals surface area contributed by atoms with E-state index in [4.69, 9.17) is 5.73 Å². The van der Waals surface area contributed by atoms with Gasteiger partial charge in [-0.15, -0.1) is 0 Å². The molecule has 4 heteroatoms. The predicted octanol–water partition coefficient (Wildman–Crippen LogP) is 0.0214. The maximum Gasteiger partial charge on any atom is 1.00 e. The van der Waals surface area contributed by atoms with Crippen LogP contribution in [0.1, 0.15) is 48.4 Å². The van der Waals surface area contributed by atoms with Gasteiger partial charge in [0.05, 0.1) is 5.97 Å². The molecule has 126 valence electrons. The van der Waals surface area contributed by atoms with Crippen LogP contribution in [0.15, 0.2) is 54.6 Å². The Bertz CT molecular complexity index is 719. The number of hydrogen-bond acceptors (Lipinski definition) is 3. The Hall–Kier alpha value is -1.39. The monoisotopic (exact) mass is 345 g/mol. The van der Waals surface area contributed by atoms with Crippen molar-refractivity contribution in [1.29, 1.82) is 0 Å². The molecule has 0 saturated carbocycles. The minimum atomic E-state index is -1.23. The van der Waals surface area contributed by atoms with E-state index in [1.165, 1.54) is 11.1 Å². The molecule has 0 spiro atoms. The Morgan fingerprint density at radius 3 is 1.96 bits per heavy atom. The average Bonchev–Trinajstić information content (AvgIpc) is 2.56. The zero-order chi connectivity index (χ0) is 17.7. The SMILES string of the molecule is Cc1ccc(/C(=C/CC(N)C(=O)[O-])c2ccc(C(C)C)cc2)cc1.[Na+]. The number of nitrogens with two attached hydrogens (primary N) is 1. The van der Waals surface area contributed by atoms with Crippen molar-refractivity contribution in [1.82, 2.24) is 0 Å². The van der Waals surface area contributed by atoms with Gasteiger partial charge in [0.25, 0.3) is 0 Å². The summed E-state index contributed by atoms with van der Waals surface area (Å²) in [7, 11) is 0. The fourth-order valence-corrected chi connectivity index (χ4v) is 2.52. The van der Waals surface area contributed by atoms with Crippen molar-refractivity contribution < 1.29 is 39.5 Å². The van der Waals surface area contributed by atoms with Crippen molar-refractivity contribution in [2.45, 2.75) is 39.2 Å². The summed E-state index contributed by atoms with van der Waals surface area (Å²) in [4.78, 5) is 10.9. The Balaban J connectivity index is 0.00000312. The van der Waals surface area contributed by atoms with Crippen molar-refractivity contribution in [3.05, 3.63) is 76.9 Å². The molecule has 25 heavy (non-hydrogen) atoms. The molecule has 0 saturated heterocycles. The summed E-state index contributed by atoms with van der Waals surface area (Å²) < 4.78 is 0. The standard InChI is InChI=1S/C21H25NO2.Na/c1-14(2)16-8-10-18(11-9-16)19(12-13-20(22)21(23)24)17-6-4-15(3)5-7-17;/h4-12,14,20H,13,22H2,1-3H3,(H,23,24);/q;+1/p-1/b19-12-;. The maximum atomic E-state index is 10.9. The molecule has 1 atom stereocenters. The van der Waals surface area contributed by atoms with Crippen molar-refractivity contribution in [2.24, 2.45) is 5.73 Å². The van der Waals surface area contributed by atoms with Crippen LogP contribution in [0.3, 0.4) is 0 Å². The second-order valence-corrected chi connectivity index (χ2v) is 6.42. The minimum absolute atomic E-state index is 0. The van der Waals surface area contributed by atoms with Crippen molar-refractivity contribution in [3.63, 3.8) is 0 Å². The topological polar surface area (TPSA) is 66.2 Å². The number of carboxylic acid groups (broad SMARTS) is 1. The van der Waals surface area contributed by atoms with Gasteiger partial charge in [-0.05, 0) is 41.5 Å². The van der Waals surface area contributed by atoms with Gasteiger partial charge in [0, 0.05) is 6.04 Å². The average molecular weight is 345 g/mol. The largest absolute Gasteiger partial charge is 1.00 e. The quantitative estimate of drug-likeness (QED) is 0.751. The summed E-state index contributed by atoms with van der Waals surface area (Å²) in [5.41, 5.74) is 11.1. The molecule has 0 aliphatic rings. The number of carboxylic acids is 1. The molecule has 0 radical (unpaired) electrons. The van der Waals surface area contributed by atoms with Crippen molar-refractivity contribution in [2.75, 3.05) is 0 Å². The van der Waals surface area contributed by atoms with Crippen LogP contribution in [-0.4, -0.2) is 12.0 Å². The van der Waals surface area contributed by atoms with Gasteiger partial charge in [-0.25, -0.2) is 0 Å². The van der Waals surface area contributed by atoms with Gasteiger partial charge in [0.2, 0.25) is 0 Å². The molecule has 1 unspecified atom stereocenters. The summed E-state index contributed by atoms with van der Waals surface area (Å²) in [6.45, 7) is 6.35.